The highest BCUT2D eigenvalue weighted by Gasteiger charge is 2.10. The molecule has 0 amide bonds. The number of ether oxygens (including phenoxy) is 1. The Morgan fingerprint density at radius 2 is 2.15 bits per heavy atom. The third-order valence-electron chi connectivity index (χ3n) is 3.00. The summed E-state index contributed by atoms with van der Waals surface area (Å²) in [6.45, 7) is 4.45. The minimum atomic E-state index is -0.324. The zero-order valence-corrected chi connectivity index (χ0v) is 12.1. The van der Waals surface area contributed by atoms with Crippen molar-refractivity contribution in [3.05, 3.63) is 29.3 Å². The molecule has 0 heterocycles. The molecule has 0 aliphatic heterocycles. The van der Waals surface area contributed by atoms with Gasteiger partial charge in [0, 0.05) is 12.6 Å². The maximum Gasteiger partial charge on any atom is 0.173 e. The minimum Gasteiger partial charge on any atom is -0.496 e. The van der Waals surface area contributed by atoms with Crippen molar-refractivity contribution in [2.45, 2.75) is 39.0 Å². The number of hydrogen-bond acceptors (Lipinski definition) is 5. The predicted molar refractivity (Wildman–Crippen MR) is 78.1 cm³/mol. The van der Waals surface area contributed by atoms with Crippen LogP contribution < -0.4 is 15.8 Å². The Bertz CT molecular complexity index is 461. The van der Waals surface area contributed by atoms with Crippen LogP contribution in [-0.2, 0) is 6.54 Å². The molecule has 0 spiro atoms. The second-order valence-electron chi connectivity index (χ2n) is 4.89. The van der Waals surface area contributed by atoms with Crippen molar-refractivity contribution in [3.63, 3.8) is 0 Å². The topological polar surface area (TPSA) is 100 Å². The lowest BCUT2D eigenvalue weighted by atomic mass is 10.1. The van der Waals surface area contributed by atoms with E-state index in [-0.39, 0.29) is 18.0 Å². The van der Waals surface area contributed by atoms with E-state index in [0.29, 0.717) is 24.3 Å². The number of hydrogen-bond donors (Lipinski definition) is 4. The third-order valence-corrected chi connectivity index (χ3v) is 3.00. The quantitative estimate of drug-likeness (QED) is 0.259. The summed E-state index contributed by atoms with van der Waals surface area (Å²) in [5.41, 5.74) is 7.15. The second kappa shape index (κ2) is 7.72. The summed E-state index contributed by atoms with van der Waals surface area (Å²) < 4.78 is 5.24. The van der Waals surface area contributed by atoms with Gasteiger partial charge < -0.3 is 26.1 Å². The molecular formula is C14H23N3O3. The average Bonchev–Trinajstić information content (AvgIpc) is 2.43. The molecular weight excluding hydrogens is 258 g/mol. The molecule has 0 saturated carbocycles. The van der Waals surface area contributed by atoms with Crippen LogP contribution in [0.4, 0.5) is 0 Å². The third kappa shape index (κ3) is 4.71. The van der Waals surface area contributed by atoms with E-state index in [1.165, 1.54) is 7.11 Å². The zero-order valence-electron chi connectivity index (χ0n) is 12.1. The lowest BCUT2D eigenvalue weighted by Crippen LogP contribution is -2.28. The lowest BCUT2D eigenvalue weighted by molar-refractivity contribution is 0.170. The van der Waals surface area contributed by atoms with E-state index in [9.17, 15) is 5.11 Å². The highest BCUT2D eigenvalue weighted by atomic mass is 16.5. The number of aliphatic hydroxyl groups excluding tert-OH is 1. The van der Waals surface area contributed by atoms with Crippen LogP contribution in [0.25, 0.3) is 0 Å². The van der Waals surface area contributed by atoms with Crippen molar-refractivity contribution in [1.82, 2.24) is 5.32 Å². The Labute approximate surface area is 119 Å². The molecule has 1 aromatic carbocycles. The first-order valence-electron chi connectivity index (χ1n) is 6.54. The Kier molecular flexibility index (Phi) is 6.27. The number of rotatable bonds is 7. The van der Waals surface area contributed by atoms with Gasteiger partial charge in [0.05, 0.1) is 18.8 Å². The molecule has 0 aromatic heterocycles. The fourth-order valence-electron chi connectivity index (χ4n) is 2.00. The van der Waals surface area contributed by atoms with Gasteiger partial charge in [-0.2, -0.15) is 0 Å². The summed E-state index contributed by atoms with van der Waals surface area (Å²) in [5.74, 6) is 0.576. The summed E-state index contributed by atoms with van der Waals surface area (Å²) in [7, 11) is 1.54. The highest BCUT2D eigenvalue weighted by molar-refractivity contribution is 5.99. The lowest BCUT2D eigenvalue weighted by Gasteiger charge is -2.16. The van der Waals surface area contributed by atoms with E-state index in [1.54, 1.807) is 13.0 Å². The molecule has 0 radical (unpaired) electrons. The van der Waals surface area contributed by atoms with E-state index in [2.05, 4.69) is 10.5 Å². The summed E-state index contributed by atoms with van der Waals surface area (Å²) in [4.78, 5) is 0. The molecule has 0 aliphatic carbocycles. The Morgan fingerprint density at radius 1 is 1.45 bits per heavy atom. The molecule has 0 saturated heterocycles. The molecule has 6 nitrogen and oxygen atoms in total. The maximum atomic E-state index is 9.32. The van der Waals surface area contributed by atoms with Crippen LogP contribution in [-0.4, -0.2) is 35.4 Å². The van der Waals surface area contributed by atoms with Crippen molar-refractivity contribution in [2.75, 3.05) is 7.11 Å². The van der Waals surface area contributed by atoms with E-state index in [0.717, 1.165) is 5.56 Å². The molecule has 20 heavy (non-hydrogen) atoms. The molecule has 2 atom stereocenters. The van der Waals surface area contributed by atoms with Crippen LogP contribution in [0.5, 0.6) is 5.75 Å². The van der Waals surface area contributed by atoms with Crippen molar-refractivity contribution >= 4 is 5.84 Å². The molecule has 1 rings (SSSR count). The Morgan fingerprint density at radius 3 is 2.70 bits per heavy atom. The zero-order chi connectivity index (χ0) is 15.1. The van der Waals surface area contributed by atoms with Crippen LogP contribution >= 0.6 is 0 Å². The maximum absolute atomic E-state index is 9.32. The van der Waals surface area contributed by atoms with Gasteiger partial charge in [-0.25, -0.2) is 0 Å². The summed E-state index contributed by atoms with van der Waals surface area (Å²) in [5, 5.41) is 24.3. The first-order chi connectivity index (χ1) is 9.47. The molecule has 1 aromatic rings. The van der Waals surface area contributed by atoms with Gasteiger partial charge in [0.15, 0.2) is 5.84 Å². The largest absolute Gasteiger partial charge is 0.496 e. The standard InChI is InChI=1S/C14H23N3O3/c1-9(6-10(2)18)16-8-11-4-5-12(14(15)17-19)13(7-11)20-3/h4-5,7,9-10,16,18-19H,6,8H2,1-3H3,(H2,15,17). The van der Waals surface area contributed by atoms with Gasteiger partial charge in [0.1, 0.15) is 5.75 Å². The molecule has 112 valence electrons. The van der Waals surface area contributed by atoms with Crippen molar-refractivity contribution in [3.8, 4) is 5.75 Å². The van der Waals surface area contributed by atoms with Gasteiger partial charge in [-0.1, -0.05) is 11.2 Å². The van der Waals surface area contributed by atoms with Crippen LogP contribution in [0.3, 0.4) is 0 Å². The Balaban J connectivity index is 2.73. The number of nitrogens with one attached hydrogen (secondary N) is 1. The van der Waals surface area contributed by atoms with Gasteiger partial charge in [-0.3, -0.25) is 0 Å². The van der Waals surface area contributed by atoms with Gasteiger partial charge in [-0.15, -0.1) is 0 Å². The SMILES string of the molecule is COc1cc(CNC(C)CC(C)O)ccc1/C(N)=N/O. The average molecular weight is 281 g/mol. The fraction of sp³-hybridized carbons (Fsp3) is 0.500. The second-order valence-corrected chi connectivity index (χ2v) is 4.89. The highest BCUT2D eigenvalue weighted by Crippen LogP contribution is 2.20. The molecule has 6 heteroatoms. The monoisotopic (exact) mass is 281 g/mol. The number of oxime groups is 1. The van der Waals surface area contributed by atoms with Crippen molar-refractivity contribution in [2.24, 2.45) is 10.9 Å². The van der Waals surface area contributed by atoms with Crippen LogP contribution in [0.1, 0.15) is 31.4 Å². The molecule has 0 aliphatic rings. The smallest absolute Gasteiger partial charge is 0.173 e. The summed E-state index contributed by atoms with van der Waals surface area (Å²) in [6, 6.07) is 5.70. The van der Waals surface area contributed by atoms with Gasteiger partial charge in [0.2, 0.25) is 0 Å². The Hall–Kier alpha value is -1.79. The first kappa shape index (κ1) is 16.3. The molecule has 0 fully saturated rings. The molecule has 2 unspecified atom stereocenters. The van der Waals surface area contributed by atoms with Gasteiger partial charge in [0.25, 0.3) is 0 Å². The van der Waals surface area contributed by atoms with E-state index in [4.69, 9.17) is 15.7 Å². The molecule has 5 N–H and O–H groups in total. The minimum absolute atomic E-state index is 0.0174. The van der Waals surface area contributed by atoms with Crippen LogP contribution in [0.2, 0.25) is 0 Å². The normalized spacial score (nSPS) is 14.9. The van der Waals surface area contributed by atoms with Crippen molar-refractivity contribution in [1.29, 1.82) is 0 Å². The van der Waals surface area contributed by atoms with E-state index < -0.39 is 0 Å². The number of aliphatic hydroxyl groups is 1. The van der Waals surface area contributed by atoms with E-state index >= 15 is 0 Å². The fourth-order valence-corrected chi connectivity index (χ4v) is 2.00. The van der Waals surface area contributed by atoms with Gasteiger partial charge >= 0.3 is 0 Å². The van der Waals surface area contributed by atoms with Crippen LogP contribution in [0.15, 0.2) is 23.4 Å². The molecule has 0 bridgehead atoms. The number of nitrogens with zero attached hydrogens (tertiary/aromatic N) is 1. The van der Waals surface area contributed by atoms with Crippen LogP contribution in [0, 0.1) is 0 Å². The number of methoxy groups -OCH3 is 1. The predicted octanol–water partition coefficient (Wildman–Crippen LogP) is 1.04. The number of amidine groups is 1. The van der Waals surface area contributed by atoms with Gasteiger partial charge in [-0.05, 0) is 38.0 Å². The van der Waals surface area contributed by atoms with Crippen molar-refractivity contribution < 1.29 is 15.1 Å². The summed E-state index contributed by atoms with van der Waals surface area (Å²) >= 11 is 0. The summed E-state index contributed by atoms with van der Waals surface area (Å²) in [6.07, 6.45) is 0.370. The van der Waals surface area contributed by atoms with E-state index in [1.807, 2.05) is 19.1 Å². The number of nitrogens with two attached hydrogens (primary N) is 1. The number of benzene rings is 1. The first-order valence-corrected chi connectivity index (χ1v) is 6.54.